The van der Waals surface area contributed by atoms with Crippen molar-refractivity contribution >= 4 is 21.6 Å². The molecule has 0 saturated carbocycles. The fraction of sp³-hybridized carbons (Fsp3) is 0.167. The molecule has 0 aliphatic rings. The molecule has 0 bridgehead atoms. The number of nitrogens with one attached hydrogen (secondary N) is 1. The van der Waals surface area contributed by atoms with Crippen LogP contribution in [0.3, 0.4) is 0 Å². The third-order valence-corrected chi connectivity index (χ3v) is 2.87. The minimum absolute atomic E-state index is 0.109. The highest BCUT2D eigenvalue weighted by molar-refractivity contribution is 9.10. The number of furan rings is 1. The normalized spacial score (nSPS) is 10.5. The largest absolute Gasteiger partial charge is 0.462 e. The first-order valence-electron chi connectivity index (χ1n) is 5.06. The number of halogens is 2. The molecule has 0 aliphatic heterocycles. The van der Waals surface area contributed by atoms with E-state index in [1.54, 1.807) is 24.3 Å². The van der Waals surface area contributed by atoms with Gasteiger partial charge >= 0.3 is 0 Å². The van der Waals surface area contributed by atoms with Gasteiger partial charge in [-0.3, -0.25) is 0 Å². The lowest BCUT2D eigenvalue weighted by Gasteiger charge is -2.05. The van der Waals surface area contributed by atoms with E-state index in [1.807, 2.05) is 0 Å². The Labute approximate surface area is 106 Å². The first kappa shape index (κ1) is 12.1. The number of hydrogen-bond acceptors (Lipinski definition) is 3. The molecule has 0 fully saturated rings. The lowest BCUT2D eigenvalue weighted by Crippen LogP contribution is -1.98. The van der Waals surface area contributed by atoms with Gasteiger partial charge in [0.1, 0.15) is 23.9 Å². The van der Waals surface area contributed by atoms with Gasteiger partial charge in [-0.05, 0) is 46.3 Å². The molecule has 2 rings (SSSR count). The maximum atomic E-state index is 13.0. The summed E-state index contributed by atoms with van der Waals surface area (Å²) in [5.41, 5.74) is 0.792. The predicted molar refractivity (Wildman–Crippen MR) is 66.1 cm³/mol. The van der Waals surface area contributed by atoms with Gasteiger partial charge in [0, 0.05) is 5.69 Å². The first-order chi connectivity index (χ1) is 8.19. The fourth-order valence-electron chi connectivity index (χ4n) is 1.40. The SMILES string of the molecule is OCc1ccc(CNc2ccc(F)c(Br)c2)o1. The fourth-order valence-corrected chi connectivity index (χ4v) is 1.78. The molecule has 17 heavy (non-hydrogen) atoms. The summed E-state index contributed by atoms with van der Waals surface area (Å²) in [5.74, 6) is 0.952. The highest BCUT2D eigenvalue weighted by Gasteiger charge is 2.03. The average molecular weight is 300 g/mol. The smallest absolute Gasteiger partial charge is 0.137 e. The standard InChI is InChI=1S/C12H11BrFNO2/c13-11-5-8(1-4-12(11)14)15-6-9-2-3-10(7-16)17-9/h1-5,15-16H,6-7H2. The Kier molecular flexibility index (Phi) is 3.81. The summed E-state index contributed by atoms with van der Waals surface area (Å²) < 4.78 is 18.7. The third-order valence-electron chi connectivity index (χ3n) is 2.26. The summed E-state index contributed by atoms with van der Waals surface area (Å²) in [7, 11) is 0. The Morgan fingerprint density at radius 2 is 2.00 bits per heavy atom. The van der Waals surface area contributed by atoms with E-state index >= 15 is 0 Å². The lowest BCUT2D eigenvalue weighted by molar-refractivity contribution is 0.244. The second-order valence-corrected chi connectivity index (χ2v) is 4.36. The van der Waals surface area contributed by atoms with Crippen LogP contribution in [0.25, 0.3) is 0 Å². The van der Waals surface area contributed by atoms with Crippen molar-refractivity contribution in [3.63, 3.8) is 0 Å². The Hall–Kier alpha value is -1.33. The Bertz CT molecular complexity index is 513. The predicted octanol–water partition coefficient (Wildman–Crippen LogP) is 3.29. The molecule has 0 amide bonds. The van der Waals surface area contributed by atoms with E-state index in [1.165, 1.54) is 6.07 Å². The Morgan fingerprint density at radius 3 is 2.65 bits per heavy atom. The van der Waals surface area contributed by atoms with E-state index in [2.05, 4.69) is 21.2 Å². The molecular weight excluding hydrogens is 289 g/mol. The quantitative estimate of drug-likeness (QED) is 0.911. The molecule has 5 heteroatoms. The van der Waals surface area contributed by atoms with Crippen LogP contribution < -0.4 is 5.32 Å². The molecule has 1 aromatic carbocycles. The molecular formula is C12H11BrFNO2. The van der Waals surface area contributed by atoms with Crippen LogP contribution in [0, 0.1) is 5.82 Å². The molecule has 0 spiro atoms. The highest BCUT2D eigenvalue weighted by atomic mass is 79.9. The molecule has 2 N–H and O–H groups in total. The van der Waals surface area contributed by atoms with E-state index in [-0.39, 0.29) is 12.4 Å². The van der Waals surface area contributed by atoms with Crippen molar-refractivity contribution in [1.82, 2.24) is 0 Å². The number of rotatable bonds is 4. The summed E-state index contributed by atoms with van der Waals surface area (Å²) in [6, 6.07) is 8.20. The summed E-state index contributed by atoms with van der Waals surface area (Å²) in [6.07, 6.45) is 0. The van der Waals surface area contributed by atoms with Gasteiger partial charge in [-0.15, -0.1) is 0 Å². The van der Waals surface area contributed by atoms with Crippen molar-refractivity contribution in [3.05, 3.63) is 52.1 Å². The van der Waals surface area contributed by atoms with E-state index in [0.717, 1.165) is 11.4 Å². The van der Waals surface area contributed by atoms with Crippen LogP contribution in [-0.4, -0.2) is 5.11 Å². The molecule has 90 valence electrons. The Balaban J connectivity index is 1.99. The van der Waals surface area contributed by atoms with Crippen LogP contribution in [0.5, 0.6) is 0 Å². The summed E-state index contributed by atoms with van der Waals surface area (Å²) >= 11 is 3.12. The number of hydrogen-bond donors (Lipinski definition) is 2. The van der Waals surface area contributed by atoms with Gasteiger partial charge < -0.3 is 14.8 Å². The van der Waals surface area contributed by atoms with Crippen molar-refractivity contribution in [2.24, 2.45) is 0 Å². The van der Waals surface area contributed by atoms with E-state index < -0.39 is 0 Å². The van der Waals surface area contributed by atoms with Gasteiger partial charge in [0.05, 0.1) is 11.0 Å². The monoisotopic (exact) mass is 299 g/mol. The van der Waals surface area contributed by atoms with Crippen molar-refractivity contribution in [2.75, 3.05) is 5.32 Å². The molecule has 3 nitrogen and oxygen atoms in total. The van der Waals surface area contributed by atoms with Crippen molar-refractivity contribution < 1.29 is 13.9 Å². The Morgan fingerprint density at radius 1 is 1.24 bits per heavy atom. The van der Waals surface area contributed by atoms with E-state index in [0.29, 0.717) is 16.8 Å². The van der Waals surface area contributed by atoms with Crippen LogP contribution in [0.2, 0.25) is 0 Å². The van der Waals surface area contributed by atoms with Crippen molar-refractivity contribution in [2.45, 2.75) is 13.2 Å². The van der Waals surface area contributed by atoms with Gasteiger partial charge in [-0.2, -0.15) is 0 Å². The van der Waals surface area contributed by atoms with Gasteiger partial charge in [-0.1, -0.05) is 0 Å². The zero-order valence-corrected chi connectivity index (χ0v) is 10.5. The van der Waals surface area contributed by atoms with Crippen LogP contribution in [0.4, 0.5) is 10.1 Å². The summed E-state index contributed by atoms with van der Waals surface area (Å²) in [4.78, 5) is 0. The maximum Gasteiger partial charge on any atom is 0.137 e. The molecule has 0 unspecified atom stereocenters. The van der Waals surface area contributed by atoms with Crippen LogP contribution in [0.15, 0.2) is 39.2 Å². The third kappa shape index (κ3) is 3.08. The number of anilines is 1. The molecule has 2 aromatic rings. The van der Waals surface area contributed by atoms with E-state index in [9.17, 15) is 4.39 Å². The second-order valence-electron chi connectivity index (χ2n) is 3.51. The maximum absolute atomic E-state index is 13.0. The van der Waals surface area contributed by atoms with Gasteiger partial charge in [-0.25, -0.2) is 4.39 Å². The zero-order valence-electron chi connectivity index (χ0n) is 8.91. The van der Waals surface area contributed by atoms with Crippen LogP contribution in [0.1, 0.15) is 11.5 Å². The summed E-state index contributed by atoms with van der Waals surface area (Å²) in [5, 5.41) is 11.9. The van der Waals surface area contributed by atoms with Gasteiger partial charge in [0.15, 0.2) is 0 Å². The first-order valence-corrected chi connectivity index (χ1v) is 5.85. The number of benzene rings is 1. The van der Waals surface area contributed by atoms with Crippen LogP contribution in [-0.2, 0) is 13.2 Å². The van der Waals surface area contributed by atoms with Gasteiger partial charge in [0.25, 0.3) is 0 Å². The highest BCUT2D eigenvalue weighted by Crippen LogP contribution is 2.20. The second kappa shape index (κ2) is 5.33. The minimum atomic E-state index is -0.295. The molecule has 1 aromatic heterocycles. The van der Waals surface area contributed by atoms with E-state index in [4.69, 9.17) is 9.52 Å². The van der Waals surface area contributed by atoms with Crippen molar-refractivity contribution in [3.8, 4) is 0 Å². The average Bonchev–Trinajstić information content (AvgIpc) is 2.79. The molecule has 0 atom stereocenters. The molecule has 1 heterocycles. The molecule has 0 aliphatic carbocycles. The topological polar surface area (TPSA) is 45.4 Å². The zero-order chi connectivity index (χ0) is 12.3. The minimum Gasteiger partial charge on any atom is -0.462 e. The molecule has 0 radical (unpaired) electrons. The number of aliphatic hydroxyl groups excluding tert-OH is 1. The van der Waals surface area contributed by atoms with Gasteiger partial charge in [0.2, 0.25) is 0 Å². The van der Waals surface area contributed by atoms with Crippen molar-refractivity contribution in [1.29, 1.82) is 0 Å². The summed E-state index contributed by atoms with van der Waals surface area (Å²) in [6.45, 7) is 0.375. The lowest BCUT2D eigenvalue weighted by atomic mass is 10.3. The van der Waals surface area contributed by atoms with Crippen LogP contribution >= 0.6 is 15.9 Å². The number of aliphatic hydroxyl groups is 1. The molecule has 0 saturated heterocycles.